The third-order valence-corrected chi connectivity index (χ3v) is 3.41. The number of nitrogens with one attached hydrogen (secondary N) is 1. The molecule has 0 heterocycles. The predicted molar refractivity (Wildman–Crippen MR) is 78.2 cm³/mol. The zero-order valence-electron chi connectivity index (χ0n) is 11.1. The fourth-order valence-electron chi connectivity index (χ4n) is 1.96. The molecule has 2 aromatic rings. The van der Waals surface area contributed by atoms with E-state index in [1.54, 1.807) is 30.3 Å². The van der Waals surface area contributed by atoms with Crippen LogP contribution in [0.2, 0.25) is 5.02 Å². The van der Waals surface area contributed by atoms with E-state index in [4.69, 9.17) is 11.6 Å². The highest BCUT2D eigenvalue weighted by atomic mass is 35.5. The van der Waals surface area contributed by atoms with E-state index in [-0.39, 0.29) is 11.6 Å². The second-order valence-electron chi connectivity index (χ2n) is 4.73. The van der Waals surface area contributed by atoms with Gasteiger partial charge in [-0.05, 0) is 24.6 Å². The predicted octanol–water partition coefficient (Wildman–Crippen LogP) is 4.78. The van der Waals surface area contributed by atoms with Crippen molar-refractivity contribution in [2.45, 2.75) is 18.9 Å². The average molecular weight is 296 g/mol. The maximum Gasteiger partial charge on any atom is 0.285 e. The third-order valence-electron chi connectivity index (χ3n) is 3.18. The lowest BCUT2D eigenvalue weighted by molar-refractivity contribution is -0.00534. The highest BCUT2D eigenvalue weighted by Gasteiger charge is 2.31. The van der Waals surface area contributed by atoms with E-state index < -0.39 is 12.5 Å². The first-order chi connectivity index (χ1) is 9.49. The molecule has 1 N–H and O–H groups in total. The van der Waals surface area contributed by atoms with E-state index in [1.165, 1.54) is 12.1 Å². The minimum atomic E-state index is -2.89. The average Bonchev–Trinajstić information content (AvgIpc) is 2.46. The quantitative estimate of drug-likeness (QED) is 0.837. The second kappa shape index (κ2) is 6.33. The van der Waals surface area contributed by atoms with Gasteiger partial charge in [-0.3, -0.25) is 0 Å². The Labute approximate surface area is 122 Å². The first kappa shape index (κ1) is 14.9. The maximum absolute atomic E-state index is 14.0. The topological polar surface area (TPSA) is 12.0 Å². The normalized spacial score (nSPS) is 13.2. The number of hydrogen-bond donors (Lipinski definition) is 1. The molecule has 20 heavy (non-hydrogen) atoms. The van der Waals surface area contributed by atoms with Crippen LogP contribution in [-0.2, 0) is 5.92 Å². The van der Waals surface area contributed by atoms with E-state index in [9.17, 15) is 8.78 Å². The lowest BCUT2D eigenvalue weighted by Crippen LogP contribution is -2.32. The standard InChI is InChI=1S/C16H16ClF2N/c1-12(13-6-5-9-15(17)10-13)20-11-16(18,19)14-7-3-2-4-8-14/h2-10,12,20H,11H2,1H3. The molecule has 2 aromatic carbocycles. The van der Waals surface area contributed by atoms with Crippen LogP contribution in [0.25, 0.3) is 0 Å². The van der Waals surface area contributed by atoms with Crippen LogP contribution in [-0.4, -0.2) is 6.54 Å². The minimum absolute atomic E-state index is 0.0193. The van der Waals surface area contributed by atoms with Crippen LogP contribution in [0.4, 0.5) is 8.78 Å². The van der Waals surface area contributed by atoms with Crippen LogP contribution in [0.5, 0.6) is 0 Å². The Morgan fingerprint density at radius 1 is 1.10 bits per heavy atom. The monoisotopic (exact) mass is 295 g/mol. The van der Waals surface area contributed by atoms with Crippen LogP contribution in [0.1, 0.15) is 24.1 Å². The SMILES string of the molecule is CC(NCC(F)(F)c1ccccc1)c1cccc(Cl)c1. The molecule has 4 heteroatoms. The highest BCUT2D eigenvalue weighted by molar-refractivity contribution is 6.30. The lowest BCUT2D eigenvalue weighted by Gasteiger charge is -2.21. The van der Waals surface area contributed by atoms with Gasteiger partial charge in [0.05, 0.1) is 6.54 Å². The maximum atomic E-state index is 14.0. The smallest absolute Gasteiger partial charge is 0.285 e. The molecule has 0 radical (unpaired) electrons. The van der Waals surface area contributed by atoms with Crippen molar-refractivity contribution >= 4 is 11.6 Å². The van der Waals surface area contributed by atoms with Gasteiger partial charge in [-0.2, -0.15) is 8.78 Å². The molecule has 2 rings (SSSR count). The summed E-state index contributed by atoms with van der Waals surface area (Å²) in [6.07, 6.45) is 0. The van der Waals surface area contributed by atoms with Gasteiger partial charge in [0, 0.05) is 16.6 Å². The van der Waals surface area contributed by atoms with E-state index in [2.05, 4.69) is 5.32 Å². The van der Waals surface area contributed by atoms with Gasteiger partial charge in [0.1, 0.15) is 0 Å². The molecule has 1 unspecified atom stereocenters. The molecule has 0 aliphatic heterocycles. The van der Waals surface area contributed by atoms with Crippen molar-refractivity contribution in [3.63, 3.8) is 0 Å². The molecule has 0 saturated heterocycles. The summed E-state index contributed by atoms with van der Waals surface area (Å²) in [6, 6.07) is 14.8. The largest absolute Gasteiger partial charge is 0.304 e. The van der Waals surface area contributed by atoms with Gasteiger partial charge in [-0.1, -0.05) is 54.1 Å². The van der Waals surface area contributed by atoms with Gasteiger partial charge in [0.15, 0.2) is 0 Å². The van der Waals surface area contributed by atoms with Crippen LogP contribution in [0, 0.1) is 0 Å². The Morgan fingerprint density at radius 3 is 2.45 bits per heavy atom. The van der Waals surface area contributed by atoms with Crippen molar-refractivity contribution in [2.24, 2.45) is 0 Å². The Morgan fingerprint density at radius 2 is 1.80 bits per heavy atom. The van der Waals surface area contributed by atoms with E-state index in [0.29, 0.717) is 5.02 Å². The Kier molecular flexibility index (Phi) is 4.73. The lowest BCUT2D eigenvalue weighted by atomic mass is 10.1. The van der Waals surface area contributed by atoms with Gasteiger partial charge < -0.3 is 5.32 Å². The molecule has 1 nitrogen and oxygen atoms in total. The number of benzene rings is 2. The van der Waals surface area contributed by atoms with Crippen molar-refractivity contribution in [1.82, 2.24) is 5.32 Å². The molecule has 0 saturated carbocycles. The zero-order valence-corrected chi connectivity index (χ0v) is 11.9. The molecule has 106 valence electrons. The molecule has 0 aromatic heterocycles. The fourth-order valence-corrected chi connectivity index (χ4v) is 2.16. The van der Waals surface area contributed by atoms with Gasteiger partial charge in [-0.25, -0.2) is 0 Å². The Hall–Kier alpha value is -1.45. The summed E-state index contributed by atoms with van der Waals surface area (Å²) in [5.74, 6) is -2.89. The summed E-state index contributed by atoms with van der Waals surface area (Å²) < 4.78 is 28.0. The number of alkyl halides is 2. The highest BCUT2D eigenvalue weighted by Crippen LogP contribution is 2.28. The summed E-state index contributed by atoms with van der Waals surface area (Å²) in [4.78, 5) is 0. The fraction of sp³-hybridized carbons (Fsp3) is 0.250. The van der Waals surface area contributed by atoms with Crippen molar-refractivity contribution < 1.29 is 8.78 Å². The van der Waals surface area contributed by atoms with Crippen LogP contribution >= 0.6 is 11.6 Å². The van der Waals surface area contributed by atoms with Crippen molar-refractivity contribution in [3.8, 4) is 0 Å². The Bertz CT molecular complexity index is 557. The van der Waals surface area contributed by atoms with E-state index >= 15 is 0 Å². The molecule has 0 aliphatic rings. The summed E-state index contributed by atoms with van der Waals surface area (Å²) >= 11 is 5.90. The van der Waals surface area contributed by atoms with Crippen molar-refractivity contribution in [1.29, 1.82) is 0 Å². The van der Waals surface area contributed by atoms with Gasteiger partial charge in [0.25, 0.3) is 5.92 Å². The molecule has 1 atom stereocenters. The van der Waals surface area contributed by atoms with Crippen LogP contribution < -0.4 is 5.32 Å². The van der Waals surface area contributed by atoms with Crippen LogP contribution in [0.15, 0.2) is 54.6 Å². The molecule has 0 bridgehead atoms. The van der Waals surface area contributed by atoms with Gasteiger partial charge >= 0.3 is 0 Å². The van der Waals surface area contributed by atoms with E-state index in [1.807, 2.05) is 19.1 Å². The summed E-state index contributed by atoms with van der Waals surface area (Å²) in [6.45, 7) is 1.43. The number of hydrogen-bond acceptors (Lipinski definition) is 1. The number of rotatable bonds is 5. The summed E-state index contributed by atoms with van der Waals surface area (Å²) in [5, 5.41) is 3.46. The number of halogens is 3. The molecular formula is C16H16ClF2N. The zero-order chi connectivity index (χ0) is 14.6. The first-order valence-electron chi connectivity index (χ1n) is 6.41. The minimum Gasteiger partial charge on any atom is -0.304 e. The summed E-state index contributed by atoms with van der Waals surface area (Å²) in [7, 11) is 0. The van der Waals surface area contributed by atoms with Crippen molar-refractivity contribution in [3.05, 3.63) is 70.7 Å². The second-order valence-corrected chi connectivity index (χ2v) is 5.16. The first-order valence-corrected chi connectivity index (χ1v) is 6.79. The van der Waals surface area contributed by atoms with Crippen LogP contribution in [0.3, 0.4) is 0 Å². The molecular weight excluding hydrogens is 280 g/mol. The van der Waals surface area contributed by atoms with Gasteiger partial charge in [-0.15, -0.1) is 0 Å². The van der Waals surface area contributed by atoms with Crippen molar-refractivity contribution in [2.75, 3.05) is 6.54 Å². The third kappa shape index (κ3) is 3.78. The summed E-state index contributed by atoms with van der Waals surface area (Å²) in [5.41, 5.74) is 0.909. The molecule has 0 fully saturated rings. The van der Waals surface area contributed by atoms with Gasteiger partial charge in [0.2, 0.25) is 0 Å². The molecule has 0 amide bonds. The van der Waals surface area contributed by atoms with E-state index in [0.717, 1.165) is 5.56 Å². The molecule has 0 aliphatic carbocycles. The Balaban J connectivity index is 2.01. The molecule has 0 spiro atoms.